The molecular formula is C21H17F3N4O3. The van der Waals surface area contributed by atoms with Crippen LogP contribution in [-0.4, -0.2) is 39.3 Å². The lowest BCUT2D eigenvalue weighted by molar-refractivity contribution is 0.0695. The standard InChI is InChI=1S/C21H17F3N4O3/c1-21(25)12-7-27(8-13(12)21)19-15(24)5-10-17(29)11(20(30)31)6-28(18(10)26-19)16-3-2-9(22)4-14(16)23/h2-6,12-13H,7-8,25H2,1H3,(H,30,31)/t12-,13?,21?/m0/s1. The van der Waals surface area contributed by atoms with Crippen LogP contribution in [0.25, 0.3) is 16.7 Å². The molecule has 3 atom stereocenters. The molecule has 2 aliphatic rings. The third-order valence-corrected chi connectivity index (χ3v) is 6.42. The number of rotatable bonds is 3. The number of fused-ring (bicyclic) bond motifs is 2. The van der Waals surface area contributed by atoms with E-state index in [0.717, 1.165) is 29.0 Å². The molecule has 1 saturated heterocycles. The first-order chi connectivity index (χ1) is 14.6. The van der Waals surface area contributed by atoms with E-state index in [4.69, 9.17) is 5.73 Å². The number of carbonyl (C=O) groups is 1. The molecular weight excluding hydrogens is 413 g/mol. The molecule has 0 bridgehead atoms. The van der Waals surface area contributed by atoms with E-state index in [1.165, 1.54) is 0 Å². The molecule has 1 aliphatic carbocycles. The van der Waals surface area contributed by atoms with Crippen molar-refractivity contribution in [2.75, 3.05) is 18.0 Å². The number of carboxylic acid groups (broad SMARTS) is 1. The Morgan fingerprint density at radius 3 is 2.48 bits per heavy atom. The van der Waals surface area contributed by atoms with E-state index in [9.17, 15) is 27.9 Å². The van der Waals surface area contributed by atoms with Gasteiger partial charge in [0.2, 0.25) is 5.43 Å². The molecule has 3 heterocycles. The number of hydrogen-bond donors (Lipinski definition) is 2. The van der Waals surface area contributed by atoms with E-state index in [0.29, 0.717) is 19.2 Å². The van der Waals surface area contributed by atoms with Crippen LogP contribution < -0.4 is 16.1 Å². The molecule has 3 aromatic rings. The van der Waals surface area contributed by atoms with Crippen molar-refractivity contribution < 1.29 is 23.1 Å². The lowest BCUT2D eigenvalue weighted by Gasteiger charge is -2.24. The third kappa shape index (κ3) is 2.82. The summed E-state index contributed by atoms with van der Waals surface area (Å²) in [6.45, 7) is 2.90. The van der Waals surface area contributed by atoms with E-state index in [2.05, 4.69) is 4.98 Å². The van der Waals surface area contributed by atoms with Gasteiger partial charge in [-0.2, -0.15) is 0 Å². The van der Waals surface area contributed by atoms with Crippen molar-refractivity contribution in [3.63, 3.8) is 0 Å². The van der Waals surface area contributed by atoms with Crippen molar-refractivity contribution in [1.29, 1.82) is 0 Å². The minimum absolute atomic E-state index is 0.0331. The van der Waals surface area contributed by atoms with Crippen LogP contribution in [0.5, 0.6) is 0 Å². The molecule has 1 aromatic carbocycles. The van der Waals surface area contributed by atoms with Gasteiger partial charge in [0, 0.05) is 42.7 Å². The van der Waals surface area contributed by atoms with Gasteiger partial charge in [-0.05, 0) is 25.1 Å². The summed E-state index contributed by atoms with van der Waals surface area (Å²) in [4.78, 5) is 30.2. The zero-order valence-electron chi connectivity index (χ0n) is 16.3. The smallest absolute Gasteiger partial charge is 0.341 e. The van der Waals surface area contributed by atoms with Gasteiger partial charge in [-0.1, -0.05) is 0 Å². The highest BCUT2D eigenvalue weighted by Gasteiger charge is 2.63. The zero-order valence-corrected chi connectivity index (χ0v) is 16.3. The number of piperidine rings is 1. The Labute approximate surface area is 173 Å². The number of carboxylic acids is 1. The molecule has 0 radical (unpaired) electrons. The Morgan fingerprint density at radius 2 is 1.87 bits per heavy atom. The zero-order chi connectivity index (χ0) is 22.2. The summed E-state index contributed by atoms with van der Waals surface area (Å²) in [5, 5.41) is 9.07. The molecule has 31 heavy (non-hydrogen) atoms. The van der Waals surface area contributed by atoms with Gasteiger partial charge in [-0.15, -0.1) is 0 Å². The Hall–Kier alpha value is -3.40. The number of nitrogens with two attached hydrogens (primary N) is 1. The number of pyridine rings is 2. The number of nitrogens with zero attached hydrogens (tertiary/aromatic N) is 3. The molecule has 1 saturated carbocycles. The van der Waals surface area contributed by atoms with Crippen LogP contribution in [0.1, 0.15) is 17.3 Å². The maximum atomic E-state index is 14.9. The predicted molar refractivity (Wildman–Crippen MR) is 106 cm³/mol. The Bertz CT molecular complexity index is 1320. The van der Waals surface area contributed by atoms with Crippen molar-refractivity contribution in [1.82, 2.24) is 9.55 Å². The number of benzene rings is 1. The molecule has 2 unspecified atom stereocenters. The fourth-order valence-electron chi connectivity index (χ4n) is 4.54. The number of anilines is 1. The van der Waals surface area contributed by atoms with Crippen molar-refractivity contribution in [3.8, 4) is 5.69 Å². The first kappa shape index (κ1) is 19.6. The summed E-state index contributed by atoms with van der Waals surface area (Å²) >= 11 is 0. The fraction of sp³-hybridized carbons (Fsp3) is 0.286. The van der Waals surface area contributed by atoms with Crippen LogP contribution in [0.15, 0.2) is 35.3 Å². The molecule has 0 spiro atoms. The second-order valence-electron chi connectivity index (χ2n) is 8.29. The van der Waals surface area contributed by atoms with Gasteiger partial charge >= 0.3 is 5.97 Å². The summed E-state index contributed by atoms with van der Waals surface area (Å²) in [6.07, 6.45) is 0.913. The second-order valence-corrected chi connectivity index (χ2v) is 8.29. The highest BCUT2D eigenvalue weighted by atomic mass is 19.1. The van der Waals surface area contributed by atoms with E-state index in [1.807, 2.05) is 6.92 Å². The Morgan fingerprint density at radius 1 is 1.19 bits per heavy atom. The monoisotopic (exact) mass is 430 g/mol. The van der Waals surface area contributed by atoms with Gasteiger partial charge in [0.1, 0.15) is 17.2 Å². The first-order valence-electron chi connectivity index (χ1n) is 9.58. The van der Waals surface area contributed by atoms with Gasteiger partial charge in [0.25, 0.3) is 0 Å². The van der Waals surface area contributed by atoms with Gasteiger partial charge < -0.3 is 15.7 Å². The van der Waals surface area contributed by atoms with Crippen LogP contribution in [0, 0.1) is 29.3 Å². The largest absolute Gasteiger partial charge is 0.477 e. The maximum Gasteiger partial charge on any atom is 0.341 e. The summed E-state index contributed by atoms with van der Waals surface area (Å²) in [7, 11) is 0. The molecule has 0 amide bonds. The highest BCUT2D eigenvalue weighted by Crippen LogP contribution is 2.53. The van der Waals surface area contributed by atoms with Crippen molar-refractivity contribution in [3.05, 3.63) is 63.7 Å². The number of aromatic nitrogens is 2. The van der Waals surface area contributed by atoms with E-state index in [1.54, 1.807) is 4.90 Å². The molecule has 10 heteroatoms. The molecule has 1 aliphatic heterocycles. The van der Waals surface area contributed by atoms with Crippen LogP contribution in [0.2, 0.25) is 0 Å². The van der Waals surface area contributed by atoms with Crippen molar-refractivity contribution in [2.45, 2.75) is 12.5 Å². The molecule has 2 aromatic heterocycles. The quantitative estimate of drug-likeness (QED) is 0.661. The van der Waals surface area contributed by atoms with Crippen LogP contribution in [-0.2, 0) is 0 Å². The molecule has 160 valence electrons. The topological polar surface area (TPSA) is 101 Å². The lowest BCUT2D eigenvalue weighted by Crippen LogP contribution is -2.36. The van der Waals surface area contributed by atoms with E-state index in [-0.39, 0.29) is 39.9 Å². The number of halogens is 3. The number of aromatic carboxylic acids is 1. The average molecular weight is 430 g/mol. The Balaban J connectivity index is 1.74. The Kier molecular flexibility index (Phi) is 3.97. The first-order valence-corrected chi connectivity index (χ1v) is 9.58. The van der Waals surface area contributed by atoms with Crippen LogP contribution in [0.4, 0.5) is 19.0 Å². The summed E-state index contributed by atoms with van der Waals surface area (Å²) < 4.78 is 43.9. The summed E-state index contributed by atoms with van der Waals surface area (Å²) in [6, 6.07) is 3.62. The number of hydrogen-bond acceptors (Lipinski definition) is 5. The normalized spacial score (nSPS) is 24.5. The van der Waals surface area contributed by atoms with Crippen molar-refractivity contribution in [2.24, 2.45) is 17.6 Å². The minimum atomic E-state index is -1.56. The van der Waals surface area contributed by atoms with Gasteiger partial charge in [0.05, 0.1) is 11.1 Å². The van der Waals surface area contributed by atoms with E-state index >= 15 is 0 Å². The van der Waals surface area contributed by atoms with E-state index < -0.39 is 34.4 Å². The fourth-order valence-corrected chi connectivity index (χ4v) is 4.54. The van der Waals surface area contributed by atoms with Crippen molar-refractivity contribution >= 4 is 22.8 Å². The maximum absolute atomic E-state index is 14.9. The SMILES string of the molecule is CC1(N)C2CN(c3nc4c(cc3F)c(=O)c(C(=O)O)cn4-c3ccc(F)cc3F)C[C@@H]21. The van der Waals surface area contributed by atoms with Crippen LogP contribution >= 0.6 is 0 Å². The van der Waals surface area contributed by atoms with Gasteiger partial charge in [0.15, 0.2) is 17.3 Å². The molecule has 5 rings (SSSR count). The van der Waals surface area contributed by atoms with Gasteiger partial charge in [-0.3, -0.25) is 9.36 Å². The minimum Gasteiger partial charge on any atom is -0.477 e. The second kappa shape index (κ2) is 6.30. The average Bonchev–Trinajstić information content (AvgIpc) is 3.04. The molecule has 3 N–H and O–H groups in total. The summed E-state index contributed by atoms with van der Waals surface area (Å²) in [5.41, 5.74) is 3.87. The molecule has 2 fully saturated rings. The lowest BCUT2D eigenvalue weighted by atomic mass is 10.1. The predicted octanol–water partition coefficient (Wildman–Crippen LogP) is 2.28. The molecule has 7 nitrogen and oxygen atoms in total. The third-order valence-electron chi connectivity index (χ3n) is 6.42. The highest BCUT2D eigenvalue weighted by molar-refractivity contribution is 5.92. The summed E-state index contributed by atoms with van der Waals surface area (Å²) in [5.74, 6) is -3.82. The van der Waals surface area contributed by atoms with Gasteiger partial charge in [-0.25, -0.2) is 22.9 Å². The van der Waals surface area contributed by atoms with Crippen LogP contribution in [0.3, 0.4) is 0 Å².